The van der Waals surface area contributed by atoms with Crippen LogP contribution in [-0.2, 0) is 20.9 Å². The molecular formula is C20H26N4O3S. The van der Waals surface area contributed by atoms with Gasteiger partial charge in [0, 0.05) is 44.7 Å². The van der Waals surface area contributed by atoms with Crippen molar-refractivity contribution in [2.24, 2.45) is 4.99 Å². The highest BCUT2D eigenvalue weighted by Crippen LogP contribution is 2.27. The van der Waals surface area contributed by atoms with E-state index in [0.29, 0.717) is 31.2 Å². The first kappa shape index (κ1) is 20.4. The lowest BCUT2D eigenvalue weighted by Gasteiger charge is -2.30. The summed E-state index contributed by atoms with van der Waals surface area (Å²) in [7, 11) is 0. The Bertz CT molecular complexity index is 778. The second-order valence-corrected chi connectivity index (χ2v) is 7.91. The van der Waals surface area contributed by atoms with Crippen molar-refractivity contribution in [2.45, 2.75) is 44.9 Å². The summed E-state index contributed by atoms with van der Waals surface area (Å²) in [5, 5.41) is 3.09. The number of hydrogen-bond donors (Lipinski definition) is 1. The molecule has 2 aliphatic heterocycles. The Morgan fingerprint density at radius 3 is 2.57 bits per heavy atom. The van der Waals surface area contributed by atoms with Crippen LogP contribution < -0.4 is 10.2 Å². The Balaban J connectivity index is 1.57. The van der Waals surface area contributed by atoms with E-state index in [1.807, 2.05) is 38.1 Å². The van der Waals surface area contributed by atoms with Gasteiger partial charge in [-0.1, -0.05) is 23.9 Å². The summed E-state index contributed by atoms with van der Waals surface area (Å²) in [6.45, 7) is 6.10. The zero-order valence-electron chi connectivity index (χ0n) is 16.3. The maximum absolute atomic E-state index is 12.6. The molecule has 0 bridgehead atoms. The van der Waals surface area contributed by atoms with Gasteiger partial charge in [-0.3, -0.25) is 24.3 Å². The number of rotatable bonds is 6. The van der Waals surface area contributed by atoms with Crippen LogP contribution in [0.1, 0.15) is 38.7 Å². The van der Waals surface area contributed by atoms with Gasteiger partial charge < -0.3 is 10.2 Å². The lowest BCUT2D eigenvalue weighted by atomic mass is 10.2. The molecule has 2 aliphatic rings. The molecule has 1 atom stereocenters. The molecule has 2 heterocycles. The van der Waals surface area contributed by atoms with Crippen LogP contribution in [0.25, 0.3) is 0 Å². The van der Waals surface area contributed by atoms with Gasteiger partial charge in [0.15, 0.2) is 5.17 Å². The molecule has 2 saturated heterocycles. The van der Waals surface area contributed by atoms with E-state index >= 15 is 0 Å². The number of benzene rings is 1. The average molecular weight is 403 g/mol. The first-order valence-electron chi connectivity index (χ1n) is 9.72. The lowest BCUT2D eigenvalue weighted by molar-refractivity contribution is -0.130. The van der Waals surface area contributed by atoms with E-state index in [9.17, 15) is 14.4 Å². The maximum atomic E-state index is 12.6. The highest BCUT2D eigenvalue weighted by atomic mass is 32.2. The Morgan fingerprint density at radius 2 is 1.96 bits per heavy atom. The van der Waals surface area contributed by atoms with E-state index in [4.69, 9.17) is 0 Å². The molecule has 2 fully saturated rings. The predicted molar refractivity (Wildman–Crippen MR) is 111 cm³/mol. The molecule has 150 valence electrons. The number of amides is 3. The average Bonchev–Trinajstić information content (AvgIpc) is 3.12. The first-order chi connectivity index (χ1) is 13.5. The Morgan fingerprint density at radius 1 is 1.21 bits per heavy atom. The number of amidine groups is 1. The van der Waals surface area contributed by atoms with Gasteiger partial charge in [-0.2, -0.15) is 0 Å². The molecule has 0 aliphatic carbocycles. The molecule has 0 spiro atoms. The van der Waals surface area contributed by atoms with E-state index < -0.39 is 5.25 Å². The van der Waals surface area contributed by atoms with Crippen LogP contribution in [0.3, 0.4) is 0 Å². The molecule has 0 saturated carbocycles. The zero-order chi connectivity index (χ0) is 20.1. The number of aliphatic imine (C=N–C) groups is 1. The predicted octanol–water partition coefficient (Wildman–Crippen LogP) is 2.16. The highest BCUT2D eigenvalue weighted by Gasteiger charge is 2.34. The molecule has 7 nitrogen and oxygen atoms in total. The summed E-state index contributed by atoms with van der Waals surface area (Å²) in [5.74, 6) is -0.0596. The highest BCUT2D eigenvalue weighted by molar-refractivity contribution is 8.15. The summed E-state index contributed by atoms with van der Waals surface area (Å²) >= 11 is 1.35. The van der Waals surface area contributed by atoms with Gasteiger partial charge in [-0.05, 0) is 38.0 Å². The monoisotopic (exact) mass is 402 g/mol. The van der Waals surface area contributed by atoms with Crippen molar-refractivity contribution in [1.82, 2.24) is 10.2 Å². The zero-order valence-corrected chi connectivity index (χ0v) is 17.1. The molecule has 3 amide bonds. The number of anilines is 1. The van der Waals surface area contributed by atoms with Gasteiger partial charge in [0.1, 0.15) is 0 Å². The lowest BCUT2D eigenvalue weighted by Crippen LogP contribution is -2.46. The van der Waals surface area contributed by atoms with Crippen molar-refractivity contribution < 1.29 is 14.4 Å². The van der Waals surface area contributed by atoms with E-state index in [-0.39, 0.29) is 24.1 Å². The minimum Gasteiger partial charge on any atom is -0.351 e. The Kier molecular flexibility index (Phi) is 6.72. The van der Waals surface area contributed by atoms with Gasteiger partial charge >= 0.3 is 0 Å². The minimum atomic E-state index is -0.456. The van der Waals surface area contributed by atoms with Gasteiger partial charge in [-0.25, -0.2) is 0 Å². The molecular weight excluding hydrogens is 376 g/mol. The van der Waals surface area contributed by atoms with Crippen molar-refractivity contribution in [2.75, 3.05) is 24.5 Å². The molecule has 1 aromatic carbocycles. The van der Waals surface area contributed by atoms with E-state index in [2.05, 4.69) is 10.3 Å². The molecule has 0 aromatic heterocycles. The fourth-order valence-electron chi connectivity index (χ4n) is 3.34. The summed E-state index contributed by atoms with van der Waals surface area (Å²) in [6.07, 6.45) is 1.69. The van der Waals surface area contributed by atoms with Gasteiger partial charge in [0.2, 0.25) is 17.7 Å². The molecule has 0 unspecified atom stereocenters. The van der Waals surface area contributed by atoms with E-state index in [1.165, 1.54) is 11.8 Å². The number of carbonyl (C=O) groups excluding carboxylic acids is 3. The summed E-state index contributed by atoms with van der Waals surface area (Å²) in [5.41, 5.74) is 1.85. The van der Waals surface area contributed by atoms with E-state index in [0.717, 1.165) is 24.2 Å². The van der Waals surface area contributed by atoms with E-state index in [1.54, 1.807) is 9.80 Å². The minimum absolute atomic E-state index is 0.0618. The molecule has 0 radical (unpaired) electrons. The van der Waals surface area contributed by atoms with Gasteiger partial charge in [-0.15, -0.1) is 0 Å². The summed E-state index contributed by atoms with van der Waals surface area (Å²) in [6, 6.07) is 7.66. The normalized spacial score (nSPS) is 21.5. The van der Waals surface area contributed by atoms with Crippen molar-refractivity contribution >= 4 is 40.3 Å². The molecule has 1 N–H and O–H groups in total. The van der Waals surface area contributed by atoms with Gasteiger partial charge in [0.05, 0.1) is 5.25 Å². The topological polar surface area (TPSA) is 82.1 Å². The quantitative estimate of drug-likeness (QED) is 0.791. The maximum Gasteiger partial charge on any atom is 0.234 e. The third-order valence-electron chi connectivity index (χ3n) is 4.83. The Labute approximate surface area is 169 Å². The molecule has 1 aromatic rings. The third kappa shape index (κ3) is 4.55. The van der Waals surface area contributed by atoms with Crippen LogP contribution in [0.15, 0.2) is 29.3 Å². The number of nitrogens with one attached hydrogen (secondary N) is 1. The van der Waals surface area contributed by atoms with Crippen LogP contribution in [0, 0.1) is 0 Å². The van der Waals surface area contributed by atoms with Crippen LogP contribution in [0.5, 0.6) is 0 Å². The summed E-state index contributed by atoms with van der Waals surface area (Å²) < 4.78 is 0. The third-order valence-corrected chi connectivity index (χ3v) is 6.06. The molecule has 28 heavy (non-hydrogen) atoms. The molecule has 8 heteroatoms. The number of nitrogens with zero attached hydrogens (tertiary/aromatic N) is 3. The first-order valence-corrected chi connectivity index (χ1v) is 10.6. The fraction of sp³-hybridized carbons (Fsp3) is 0.500. The smallest absolute Gasteiger partial charge is 0.234 e. The van der Waals surface area contributed by atoms with Crippen molar-refractivity contribution in [3.63, 3.8) is 0 Å². The second-order valence-electron chi connectivity index (χ2n) is 6.74. The standard InChI is InChI=1S/C20H26N4O3S/c1-3-21-20-23(4-2)18(26)12-16(28-20)19(27)22-13-14-7-9-15(10-8-14)24-11-5-6-17(24)25/h7-10,16H,3-6,11-13H2,1-2H3,(H,22,27)/t16-/m0/s1. The SMILES string of the molecule is CCN=C1S[C@H](C(=O)NCc2ccc(N3CCCC3=O)cc2)CC(=O)N1CC. The van der Waals surface area contributed by atoms with Crippen LogP contribution in [-0.4, -0.2) is 52.7 Å². The summed E-state index contributed by atoms with van der Waals surface area (Å²) in [4.78, 5) is 44.5. The van der Waals surface area contributed by atoms with Crippen LogP contribution in [0.2, 0.25) is 0 Å². The van der Waals surface area contributed by atoms with Crippen molar-refractivity contribution in [1.29, 1.82) is 0 Å². The van der Waals surface area contributed by atoms with Crippen LogP contribution in [0.4, 0.5) is 5.69 Å². The number of thioether (sulfide) groups is 1. The second kappa shape index (κ2) is 9.23. The van der Waals surface area contributed by atoms with Crippen molar-refractivity contribution in [3.05, 3.63) is 29.8 Å². The number of carbonyl (C=O) groups is 3. The van der Waals surface area contributed by atoms with Crippen LogP contribution >= 0.6 is 11.8 Å². The van der Waals surface area contributed by atoms with Crippen molar-refractivity contribution in [3.8, 4) is 0 Å². The van der Waals surface area contributed by atoms with Gasteiger partial charge in [0.25, 0.3) is 0 Å². The largest absolute Gasteiger partial charge is 0.351 e. The fourth-order valence-corrected chi connectivity index (χ4v) is 4.57. The number of hydrogen-bond acceptors (Lipinski definition) is 5. The Hall–Kier alpha value is -2.35. The molecule has 3 rings (SSSR count).